The van der Waals surface area contributed by atoms with Crippen LogP contribution >= 0.6 is 11.6 Å². The zero-order chi connectivity index (χ0) is 14.0. The van der Waals surface area contributed by atoms with Gasteiger partial charge in [-0.2, -0.15) is 0 Å². The SMILES string of the molecule is COc1cc(Cl)ccc1-c1ncc(C(C)=O)c(C)n1. The summed E-state index contributed by atoms with van der Waals surface area (Å²) in [6.45, 7) is 3.28. The Balaban J connectivity index is 2.54. The van der Waals surface area contributed by atoms with Gasteiger partial charge in [0.2, 0.25) is 0 Å². The third kappa shape index (κ3) is 2.74. The molecule has 0 saturated carbocycles. The number of methoxy groups -OCH3 is 1. The van der Waals surface area contributed by atoms with E-state index in [1.54, 1.807) is 32.2 Å². The molecule has 5 heteroatoms. The summed E-state index contributed by atoms with van der Waals surface area (Å²) in [5.74, 6) is 1.06. The Labute approximate surface area is 116 Å². The van der Waals surface area contributed by atoms with Crippen molar-refractivity contribution >= 4 is 17.4 Å². The molecule has 2 aromatic rings. The van der Waals surface area contributed by atoms with Crippen LogP contribution in [0.4, 0.5) is 0 Å². The number of ether oxygens (including phenoxy) is 1. The first-order valence-corrected chi connectivity index (χ1v) is 6.09. The van der Waals surface area contributed by atoms with Gasteiger partial charge in [0.05, 0.1) is 23.9 Å². The van der Waals surface area contributed by atoms with Gasteiger partial charge in [-0.1, -0.05) is 11.6 Å². The Kier molecular flexibility index (Phi) is 3.81. The fourth-order valence-corrected chi connectivity index (χ4v) is 1.95. The Bertz CT molecular complexity index is 641. The fourth-order valence-electron chi connectivity index (χ4n) is 1.79. The van der Waals surface area contributed by atoms with Crippen molar-refractivity contribution in [2.75, 3.05) is 7.11 Å². The van der Waals surface area contributed by atoms with Gasteiger partial charge in [-0.25, -0.2) is 9.97 Å². The van der Waals surface area contributed by atoms with E-state index in [0.717, 1.165) is 5.56 Å². The minimum atomic E-state index is -0.0490. The molecule has 0 N–H and O–H groups in total. The molecule has 0 unspecified atom stereocenters. The molecule has 1 aromatic carbocycles. The van der Waals surface area contributed by atoms with Crippen LogP contribution < -0.4 is 4.74 Å². The first-order valence-electron chi connectivity index (χ1n) is 5.71. The number of benzene rings is 1. The molecule has 0 saturated heterocycles. The summed E-state index contributed by atoms with van der Waals surface area (Å²) < 4.78 is 5.27. The molecule has 19 heavy (non-hydrogen) atoms. The first kappa shape index (κ1) is 13.5. The summed E-state index contributed by atoms with van der Waals surface area (Å²) in [5.41, 5.74) is 1.91. The predicted octanol–water partition coefficient (Wildman–Crippen LogP) is 3.32. The molecule has 0 aliphatic rings. The third-order valence-electron chi connectivity index (χ3n) is 2.76. The predicted molar refractivity (Wildman–Crippen MR) is 73.8 cm³/mol. The van der Waals surface area contributed by atoms with Gasteiger partial charge in [0, 0.05) is 11.2 Å². The first-order chi connectivity index (χ1) is 9.02. The quantitative estimate of drug-likeness (QED) is 0.807. The van der Waals surface area contributed by atoms with E-state index < -0.39 is 0 Å². The number of halogens is 1. The van der Waals surface area contributed by atoms with Crippen LogP contribution in [-0.4, -0.2) is 22.9 Å². The second-order valence-corrected chi connectivity index (χ2v) is 4.53. The zero-order valence-corrected chi connectivity index (χ0v) is 11.7. The maximum absolute atomic E-state index is 11.4. The van der Waals surface area contributed by atoms with E-state index in [1.807, 2.05) is 0 Å². The Morgan fingerprint density at radius 2 is 2.11 bits per heavy atom. The second kappa shape index (κ2) is 5.36. The highest BCUT2D eigenvalue weighted by molar-refractivity contribution is 6.30. The second-order valence-electron chi connectivity index (χ2n) is 4.09. The zero-order valence-electron chi connectivity index (χ0n) is 10.9. The van der Waals surface area contributed by atoms with E-state index in [0.29, 0.717) is 27.9 Å². The van der Waals surface area contributed by atoms with Crippen LogP contribution in [0.5, 0.6) is 5.75 Å². The lowest BCUT2D eigenvalue weighted by molar-refractivity contribution is 0.101. The highest BCUT2D eigenvalue weighted by atomic mass is 35.5. The normalized spacial score (nSPS) is 10.3. The van der Waals surface area contributed by atoms with E-state index in [-0.39, 0.29) is 5.78 Å². The van der Waals surface area contributed by atoms with Gasteiger partial charge in [-0.3, -0.25) is 4.79 Å². The number of Topliss-reactive ketones (excluding diaryl/α,β-unsaturated/α-hetero) is 1. The van der Waals surface area contributed by atoms with Gasteiger partial charge in [0.1, 0.15) is 5.75 Å². The molecule has 0 atom stereocenters. The summed E-state index contributed by atoms with van der Waals surface area (Å²) in [4.78, 5) is 19.9. The van der Waals surface area contributed by atoms with E-state index in [1.165, 1.54) is 13.1 Å². The van der Waals surface area contributed by atoms with Crippen molar-refractivity contribution in [1.29, 1.82) is 0 Å². The summed E-state index contributed by atoms with van der Waals surface area (Å²) in [6.07, 6.45) is 1.54. The lowest BCUT2D eigenvalue weighted by Crippen LogP contribution is -2.02. The molecule has 0 aliphatic carbocycles. The van der Waals surface area contributed by atoms with Gasteiger partial charge < -0.3 is 4.74 Å². The van der Waals surface area contributed by atoms with Gasteiger partial charge in [0.15, 0.2) is 11.6 Å². The number of hydrogen-bond donors (Lipinski definition) is 0. The number of ketones is 1. The number of hydrogen-bond acceptors (Lipinski definition) is 4. The van der Waals surface area contributed by atoms with Crippen LogP contribution in [-0.2, 0) is 0 Å². The third-order valence-corrected chi connectivity index (χ3v) is 3.00. The number of carbonyl (C=O) groups is 1. The molecular formula is C14H13ClN2O2. The molecule has 0 fully saturated rings. The molecule has 2 rings (SSSR count). The van der Waals surface area contributed by atoms with Crippen molar-refractivity contribution in [3.8, 4) is 17.1 Å². The van der Waals surface area contributed by atoms with E-state index >= 15 is 0 Å². The largest absolute Gasteiger partial charge is 0.496 e. The number of nitrogens with zero attached hydrogens (tertiary/aromatic N) is 2. The van der Waals surface area contributed by atoms with Gasteiger partial charge in [-0.15, -0.1) is 0 Å². The van der Waals surface area contributed by atoms with Crippen LogP contribution in [0.15, 0.2) is 24.4 Å². The van der Waals surface area contributed by atoms with Crippen LogP contribution in [0.3, 0.4) is 0 Å². The minimum Gasteiger partial charge on any atom is -0.496 e. The molecule has 0 amide bonds. The van der Waals surface area contributed by atoms with Crippen molar-refractivity contribution in [3.63, 3.8) is 0 Å². The van der Waals surface area contributed by atoms with Gasteiger partial charge in [-0.05, 0) is 32.0 Å². The maximum atomic E-state index is 11.4. The number of carbonyl (C=O) groups excluding carboxylic acids is 1. The van der Waals surface area contributed by atoms with Crippen molar-refractivity contribution in [2.24, 2.45) is 0 Å². The van der Waals surface area contributed by atoms with Crippen molar-refractivity contribution in [1.82, 2.24) is 9.97 Å². The van der Waals surface area contributed by atoms with Crippen LogP contribution in [0.2, 0.25) is 5.02 Å². The van der Waals surface area contributed by atoms with Crippen molar-refractivity contribution < 1.29 is 9.53 Å². The van der Waals surface area contributed by atoms with Crippen LogP contribution in [0.25, 0.3) is 11.4 Å². The highest BCUT2D eigenvalue weighted by Crippen LogP contribution is 2.30. The lowest BCUT2D eigenvalue weighted by Gasteiger charge is -2.09. The average Bonchev–Trinajstić information content (AvgIpc) is 2.37. The van der Waals surface area contributed by atoms with E-state index in [2.05, 4.69) is 9.97 Å². The molecular weight excluding hydrogens is 264 g/mol. The molecule has 0 aliphatic heterocycles. The lowest BCUT2D eigenvalue weighted by atomic mass is 10.1. The Morgan fingerprint density at radius 3 is 2.68 bits per heavy atom. The Hall–Kier alpha value is -1.94. The maximum Gasteiger partial charge on any atom is 0.163 e. The number of aryl methyl sites for hydroxylation is 1. The molecule has 1 heterocycles. The summed E-state index contributed by atoms with van der Waals surface area (Å²) in [7, 11) is 1.56. The molecule has 98 valence electrons. The highest BCUT2D eigenvalue weighted by Gasteiger charge is 2.12. The van der Waals surface area contributed by atoms with Gasteiger partial charge in [0.25, 0.3) is 0 Å². The Morgan fingerprint density at radius 1 is 1.37 bits per heavy atom. The van der Waals surface area contributed by atoms with Crippen molar-refractivity contribution in [2.45, 2.75) is 13.8 Å². The van der Waals surface area contributed by atoms with E-state index in [9.17, 15) is 4.79 Å². The summed E-state index contributed by atoms with van der Waals surface area (Å²) in [5, 5.41) is 0.581. The molecule has 0 spiro atoms. The topological polar surface area (TPSA) is 52.1 Å². The van der Waals surface area contributed by atoms with Gasteiger partial charge >= 0.3 is 0 Å². The van der Waals surface area contributed by atoms with Crippen molar-refractivity contribution in [3.05, 3.63) is 40.7 Å². The number of rotatable bonds is 3. The fraction of sp³-hybridized carbons (Fsp3) is 0.214. The standard InChI is InChI=1S/C14H13ClN2O2/c1-8-12(9(2)18)7-16-14(17-8)11-5-4-10(15)6-13(11)19-3/h4-7H,1-3H3. The monoisotopic (exact) mass is 276 g/mol. The number of aromatic nitrogens is 2. The average molecular weight is 277 g/mol. The van der Waals surface area contributed by atoms with Crippen LogP contribution in [0, 0.1) is 6.92 Å². The van der Waals surface area contributed by atoms with E-state index in [4.69, 9.17) is 16.3 Å². The molecule has 4 nitrogen and oxygen atoms in total. The molecule has 0 bridgehead atoms. The smallest absolute Gasteiger partial charge is 0.163 e. The molecule has 0 radical (unpaired) electrons. The summed E-state index contributed by atoms with van der Waals surface area (Å²) in [6, 6.07) is 5.24. The minimum absolute atomic E-state index is 0.0490. The summed E-state index contributed by atoms with van der Waals surface area (Å²) >= 11 is 5.92. The molecule has 1 aromatic heterocycles. The van der Waals surface area contributed by atoms with Crippen LogP contribution in [0.1, 0.15) is 23.0 Å².